The number of nitrogens with one attached hydrogen (secondary N) is 3. The summed E-state index contributed by atoms with van der Waals surface area (Å²) in [4.78, 5) is 65.5. The van der Waals surface area contributed by atoms with E-state index in [2.05, 4.69) is 16.0 Å². The fourth-order valence-electron chi connectivity index (χ4n) is 9.02. The Bertz CT molecular complexity index is 2390. The average molecular weight is 920 g/mol. The van der Waals surface area contributed by atoms with Gasteiger partial charge in [-0.1, -0.05) is 60.6 Å². The largest absolute Gasteiger partial charge is 0.508 e. The standard InChI is InChI=1S/C48H61N3O13S/c1-8-35-41(56)40(55)31(45(62)64-35)21-34(54)33(22-47(3,4)5)39(44(60)61)48(6,7)23-32(43(58)59)24(2)42(57)49-17-18-50-46(65)51-26-11-9-25(10-12-26)38-29-15-13-27(52)19-36(29)63-37-20-28(53)14-16-30(37)38/h9-16,19-20,24,31-33,35,39-41,45,52,55-56,62H,8,17-18,21-23H2,1-7H3,(H,49,57)(H,58,59)(H,60,61)(H2,50,51,65). The fraction of sp³-hybridized carbons (Fsp3) is 0.500. The molecule has 16 nitrogen and oxygen atoms in total. The van der Waals surface area contributed by atoms with Gasteiger partial charge in [-0.3, -0.25) is 24.0 Å². The number of rotatable bonds is 18. The number of thiocarbonyl (C=S) groups is 1. The molecule has 0 aromatic heterocycles. The number of fused-ring (bicyclic) bond motifs is 2. The number of carbonyl (C=O) groups excluding carboxylic acids is 2. The van der Waals surface area contributed by atoms with Crippen molar-refractivity contribution in [1.29, 1.82) is 0 Å². The summed E-state index contributed by atoms with van der Waals surface area (Å²) in [6.07, 6.45) is -5.71. The number of phenols is 1. The number of hydrogen-bond acceptors (Lipinski definition) is 12. The molecular formula is C48H61N3O13S. The maximum atomic E-state index is 14.1. The van der Waals surface area contributed by atoms with E-state index in [0.717, 1.165) is 22.1 Å². The van der Waals surface area contributed by atoms with Gasteiger partial charge in [-0.25, -0.2) is 0 Å². The number of aliphatic carboxylic acids is 2. The van der Waals surface area contributed by atoms with E-state index in [-0.39, 0.29) is 42.2 Å². The van der Waals surface area contributed by atoms with Gasteiger partial charge in [0.2, 0.25) is 5.91 Å². The molecule has 2 aromatic rings. The second-order valence-electron chi connectivity index (χ2n) is 19.0. The van der Waals surface area contributed by atoms with Crippen LogP contribution < -0.4 is 21.4 Å². The van der Waals surface area contributed by atoms with Crippen molar-refractivity contribution >= 4 is 57.6 Å². The summed E-state index contributed by atoms with van der Waals surface area (Å²) in [7, 11) is 0. The van der Waals surface area contributed by atoms with Crippen LogP contribution in [0.3, 0.4) is 0 Å². The number of aliphatic hydroxyl groups excluding tert-OH is 3. The summed E-state index contributed by atoms with van der Waals surface area (Å²) < 4.78 is 11.4. The summed E-state index contributed by atoms with van der Waals surface area (Å²) in [6.45, 7) is 12.0. The van der Waals surface area contributed by atoms with Crippen molar-refractivity contribution in [2.75, 3.05) is 18.4 Å². The predicted molar refractivity (Wildman–Crippen MR) is 247 cm³/mol. The highest BCUT2D eigenvalue weighted by Gasteiger charge is 2.50. The summed E-state index contributed by atoms with van der Waals surface area (Å²) in [5.74, 6) is -9.72. The predicted octanol–water partition coefficient (Wildman–Crippen LogP) is 5.60. The lowest BCUT2D eigenvalue weighted by Crippen LogP contribution is -2.55. The number of aromatic hydroxyl groups is 1. The lowest BCUT2D eigenvalue weighted by molar-refractivity contribution is -0.264. The first-order valence-electron chi connectivity index (χ1n) is 21.7. The summed E-state index contributed by atoms with van der Waals surface area (Å²) in [6, 6.07) is 16.7. The first-order chi connectivity index (χ1) is 30.4. The lowest BCUT2D eigenvalue weighted by atomic mass is 9.62. The molecule has 9 atom stereocenters. The zero-order valence-electron chi connectivity index (χ0n) is 37.7. The number of benzene rings is 3. The fourth-order valence-corrected chi connectivity index (χ4v) is 9.24. The zero-order valence-corrected chi connectivity index (χ0v) is 38.5. The summed E-state index contributed by atoms with van der Waals surface area (Å²) in [5.41, 5.74) is 1.26. The Balaban J connectivity index is 1.20. The highest BCUT2D eigenvalue weighted by atomic mass is 32.1. The van der Waals surface area contributed by atoms with Crippen LogP contribution in [-0.2, 0) is 23.9 Å². The van der Waals surface area contributed by atoms with Crippen molar-refractivity contribution in [3.63, 3.8) is 0 Å². The molecular weight excluding hydrogens is 859 g/mol. The SMILES string of the molecule is CCC1OC(O)C(CC(=O)C(CC(C)(C)C)C(C(=O)O)C(C)(C)CC(C(=O)O)C(C)C(=O)NCCNC(=S)Nc2ccc(-c3c4ccc(=O)cc-4oc4cc(O)ccc34)cc2)C(O)C1O. The molecule has 0 saturated carbocycles. The Hall–Kier alpha value is -5.46. The minimum absolute atomic E-state index is 0.0210. The zero-order chi connectivity index (χ0) is 48.1. The number of anilines is 1. The molecule has 352 valence electrons. The molecule has 1 amide bonds. The van der Waals surface area contributed by atoms with Crippen LogP contribution >= 0.6 is 12.2 Å². The van der Waals surface area contributed by atoms with Crippen LogP contribution in [-0.4, -0.2) is 97.1 Å². The van der Waals surface area contributed by atoms with E-state index in [1.165, 1.54) is 25.1 Å². The Labute approximate surface area is 382 Å². The molecule has 0 radical (unpaired) electrons. The third-order valence-corrected chi connectivity index (χ3v) is 12.6. The number of ketones is 1. The van der Waals surface area contributed by atoms with Gasteiger partial charge >= 0.3 is 11.9 Å². The van der Waals surface area contributed by atoms with Crippen molar-refractivity contribution in [2.45, 2.75) is 98.8 Å². The van der Waals surface area contributed by atoms with Crippen molar-refractivity contribution in [3.8, 4) is 28.2 Å². The minimum atomic E-state index is -1.58. The van der Waals surface area contributed by atoms with Gasteiger partial charge in [-0.05, 0) is 84.3 Å². The highest BCUT2D eigenvalue weighted by molar-refractivity contribution is 7.80. The van der Waals surface area contributed by atoms with Crippen molar-refractivity contribution in [1.82, 2.24) is 10.6 Å². The van der Waals surface area contributed by atoms with Crippen molar-refractivity contribution in [2.24, 2.45) is 40.4 Å². The first-order valence-corrected chi connectivity index (χ1v) is 22.1. The Morgan fingerprint density at radius 1 is 0.831 bits per heavy atom. The molecule has 1 aliphatic carbocycles. The van der Waals surface area contributed by atoms with Gasteiger partial charge in [0.1, 0.15) is 29.0 Å². The third-order valence-electron chi connectivity index (χ3n) is 12.3. The van der Waals surface area contributed by atoms with Crippen LogP contribution in [0, 0.1) is 40.4 Å². The van der Waals surface area contributed by atoms with E-state index >= 15 is 0 Å². The molecule has 0 bridgehead atoms. The maximum Gasteiger partial charge on any atom is 0.307 e. The molecule has 2 aromatic carbocycles. The van der Waals surface area contributed by atoms with Crippen LogP contribution in [0.5, 0.6) is 5.75 Å². The normalized spacial score (nSPS) is 20.9. The van der Waals surface area contributed by atoms with E-state index in [1.54, 1.807) is 39.0 Å². The van der Waals surface area contributed by atoms with Gasteiger partial charge in [0.25, 0.3) is 0 Å². The summed E-state index contributed by atoms with van der Waals surface area (Å²) in [5, 5.41) is 73.1. The van der Waals surface area contributed by atoms with Gasteiger partial charge in [-0.15, -0.1) is 0 Å². The quantitative estimate of drug-likeness (QED) is 0.0334. The topological polar surface area (TPSA) is 265 Å². The average Bonchev–Trinajstić information content (AvgIpc) is 3.22. The maximum absolute atomic E-state index is 14.1. The monoisotopic (exact) mass is 919 g/mol. The number of Topliss-reactive ketones (excluding diaryl/α,β-unsaturated/α-hetero) is 1. The van der Waals surface area contributed by atoms with Crippen LogP contribution in [0.15, 0.2) is 69.9 Å². The van der Waals surface area contributed by atoms with Crippen molar-refractivity contribution < 1.29 is 59.0 Å². The lowest BCUT2D eigenvalue weighted by Gasteiger charge is -2.43. The van der Waals surface area contributed by atoms with Crippen LogP contribution in [0.1, 0.15) is 74.1 Å². The molecule has 9 N–H and O–H groups in total. The molecule has 0 spiro atoms. The van der Waals surface area contributed by atoms with E-state index in [1.807, 2.05) is 45.0 Å². The number of hydrogen-bond donors (Lipinski definition) is 9. The summed E-state index contributed by atoms with van der Waals surface area (Å²) >= 11 is 5.48. The van der Waals surface area contributed by atoms with Gasteiger partial charge < -0.3 is 55.7 Å². The Morgan fingerprint density at radius 3 is 2.11 bits per heavy atom. The van der Waals surface area contributed by atoms with Gasteiger partial charge in [0.15, 0.2) is 16.8 Å². The number of ether oxygens (including phenoxy) is 1. The number of aliphatic hydroxyl groups is 3. The van der Waals surface area contributed by atoms with Crippen molar-refractivity contribution in [3.05, 3.63) is 70.9 Å². The second kappa shape index (κ2) is 20.8. The van der Waals surface area contributed by atoms with Crippen LogP contribution in [0.25, 0.3) is 33.4 Å². The molecule has 2 aliphatic heterocycles. The number of carboxylic acid groups (broad SMARTS) is 2. The Morgan fingerprint density at radius 2 is 1.49 bits per heavy atom. The first kappa shape index (κ1) is 50.5. The second-order valence-corrected chi connectivity index (χ2v) is 19.4. The van der Waals surface area contributed by atoms with E-state index < -0.39 is 95.1 Å². The van der Waals surface area contributed by atoms with E-state index in [4.69, 9.17) is 21.4 Å². The van der Waals surface area contributed by atoms with E-state index in [0.29, 0.717) is 23.5 Å². The van der Waals surface area contributed by atoms with Crippen LogP contribution in [0.2, 0.25) is 0 Å². The number of carboxylic acids is 2. The third kappa shape index (κ3) is 12.3. The van der Waals surface area contributed by atoms with E-state index in [9.17, 15) is 54.6 Å². The minimum Gasteiger partial charge on any atom is -0.508 e. The number of phenolic OH excluding ortho intramolecular Hbond substituents is 1. The smallest absolute Gasteiger partial charge is 0.307 e. The Kier molecular flexibility index (Phi) is 16.2. The number of amides is 1. The molecule has 1 fully saturated rings. The molecule has 3 aliphatic rings. The molecule has 5 rings (SSSR count). The molecule has 65 heavy (non-hydrogen) atoms. The van der Waals surface area contributed by atoms with Crippen LogP contribution in [0.4, 0.5) is 5.69 Å². The molecule has 9 unspecified atom stereocenters. The molecule has 17 heteroatoms. The molecule has 1 saturated heterocycles. The van der Waals surface area contributed by atoms with Gasteiger partial charge in [0.05, 0.1) is 24.0 Å². The van der Waals surface area contributed by atoms with Gasteiger partial charge in [0, 0.05) is 71.6 Å². The highest BCUT2D eigenvalue weighted by Crippen LogP contribution is 2.46. The van der Waals surface area contributed by atoms with Gasteiger partial charge in [-0.2, -0.15) is 0 Å². The molecule has 2 heterocycles. The number of carbonyl (C=O) groups is 4.